The zero-order valence-electron chi connectivity index (χ0n) is 15.3. The summed E-state index contributed by atoms with van der Waals surface area (Å²) in [7, 11) is 0. The molecule has 0 aliphatic carbocycles. The van der Waals surface area contributed by atoms with Gasteiger partial charge in [0.1, 0.15) is 17.3 Å². The van der Waals surface area contributed by atoms with E-state index in [1.165, 1.54) is 12.3 Å². The van der Waals surface area contributed by atoms with Gasteiger partial charge in [0.05, 0.1) is 5.69 Å². The number of piperazine rings is 1. The lowest BCUT2D eigenvalue weighted by molar-refractivity contribution is 0.102. The van der Waals surface area contributed by atoms with Crippen LogP contribution in [0.5, 0.6) is 0 Å². The molecule has 4 rings (SSSR count). The molecule has 3 aromatic rings. The van der Waals surface area contributed by atoms with Gasteiger partial charge in [-0.15, -0.1) is 0 Å². The van der Waals surface area contributed by atoms with Gasteiger partial charge in [-0.05, 0) is 24.3 Å². The van der Waals surface area contributed by atoms with Gasteiger partial charge in [0.25, 0.3) is 5.91 Å². The van der Waals surface area contributed by atoms with E-state index in [-0.39, 0.29) is 11.4 Å². The highest BCUT2D eigenvalue weighted by Gasteiger charge is 2.21. The maximum atomic E-state index is 13.8. The van der Waals surface area contributed by atoms with Crippen molar-refractivity contribution in [3.05, 3.63) is 66.3 Å². The van der Waals surface area contributed by atoms with Gasteiger partial charge in [0, 0.05) is 50.8 Å². The molecular weight excluding hydrogens is 380 g/mol. The summed E-state index contributed by atoms with van der Waals surface area (Å²) < 4.78 is 26.8. The van der Waals surface area contributed by atoms with E-state index in [2.05, 4.69) is 30.2 Å². The Hall–Kier alpha value is -3.69. The van der Waals surface area contributed by atoms with Crippen molar-refractivity contribution in [3.63, 3.8) is 0 Å². The number of rotatable bonds is 4. The highest BCUT2D eigenvalue weighted by Crippen LogP contribution is 2.17. The van der Waals surface area contributed by atoms with Crippen molar-refractivity contribution < 1.29 is 13.6 Å². The van der Waals surface area contributed by atoms with Crippen LogP contribution < -0.4 is 15.1 Å². The molecule has 1 fully saturated rings. The van der Waals surface area contributed by atoms with Crippen molar-refractivity contribution in [3.8, 4) is 0 Å². The van der Waals surface area contributed by atoms with Gasteiger partial charge < -0.3 is 15.1 Å². The fourth-order valence-corrected chi connectivity index (χ4v) is 2.97. The van der Waals surface area contributed by atoms with Gasteiger partial charge in [-0.3, -0.25) is 4.79 Å². The lowest BCUT2D eigenvalue weighted by atomic mass is 10.2. The van der Waals surface area contributed by atoms with Crippen LogP contribution in [-0.2, 0) is 0 Å². The third-order valence-corrected chi connectivity index (χ3v) is 4.45. The molecule has 3 heterocycles. The molecule has 0 saturated carbocycles. The van der Waals surface area contributed by atoms with Crippen molar-refractivity contribution in [2.24, 2.45) is 0 Å². The second-order valence-electron chi connectivity index (χ2n) is 6.34. The van der Waals surface area contributed by atoms with Crippen LogP contribution in [0.2, 0.25) is 0 Å². The fourth-order valence-electron chi connectivity index (χ4n) is 2.97. The standard InChI is InChI=1S/C19H17F2N7O/c20-13-2-3-15(14(21)12-13)25-17(29)16-4-7-24-19(26-16)28-10-8-27(9-11-28)18-22-5-1-6-23-18/h1-7,12H,8-11H2,(H,25,29). The van der Waals surface area contributed by atoms with Crippen molar-refractivity contribution in [1.82, 2.24) is 19.9 Å². The Balaban J connectivity index is 1.43. The number of carbonyl (C=O) groups excluding carboxylic acids is 1. The number of amides is 1. The molecule has 0 radical (unpaired) electrons. The van der Waals surface area contributed by atoms with Crippen molar-refractivity contribution in [2.75, 3.05) is 41.3 Å². The van der Waals surface area contributed by atoms with Gasteiger partial charge in [-0.2, -0.15) is 0 Å². The molecule has 1 saturated heterocycles. The van der Waals surface area contributed by atoms with E-state index in [1.54, 1.807) is 18.5 Å². The molecule has 1 aliphatic rings. The molecule has 2 aromatic heterocycles. The van der Waals surface area contributed by atoms with Gasteiger partial charge in [0.2, 0.25) is 11.9 Å². The van der Waals surface area contributed by atoms with Crippen LogP contribution in [0.25, 0.3) is 0 Å². The number of benzene rings is 1. The molecule has 1 N–H and O–H groups in total. The van der Waals surface area contributed by atoms with Gasteiger partial charge in [0.15, 0.2) is 0 Å². The first-order valence-electron chi connectivity index (χ1n) is 8.96. The number of halogens is 2. The van der Waals surface area contributed by atoms with Crippen LogP contribution in [0.15, 0.2) is 48.9 Å². The van der Waals surface area contributed by atoms with Gasteiger partial charge in [-0.1, -0.05) is 0 Å². The summed E-state index contributed by atoms with van der Waals surface area (Å²) in [5.74, 6) is -1.10. The summed E-state index contributed by atoms with van der Waals surface area (Å²) in [6.07, 6.45) is 4.87. The molecule has 1 aliphatic heterocycles. The quantitative estimate of drug-likeness (QED) is 0.722. The largest absolute Gasteiger partial charge is 0.337 e. The topological polar surface area (TPSA) is 87.1 Å². The van der Waals surface area contributed by atoms with Crippen LogP contribution in [0.3, 0.4) is 0 Å². The van der Waals surface area contributed by atoms with E-state index in [1.807, 2.05) is 4.90 Å². The molecule has 0 atom stereocenters. The molecule has 8 nitrogen and oxygen atoms in total. The molecule has 0 unspecified atom stereocenters. The molecule has 1 aromatic carbocycles. The highest BCUT2D eigenvalue weighted by atomic mass is 19.1. The van der Waals surface area contributed by atoms with Crippen LogP contribution in [0.1, 0.15) is 10.5 Å². The van der Waals surface area contributed by atoms with Crippen LogP contribution in [0, 0.1) is 11.6 Å². The highest BCUT2D eigenvalue weighted by molar-refractivity contribution is 6.03. The Kier molecular flexibility index (Phi) is 5.23. The maximum Gasteiger partial charge on any atom is 0.274 e. The second kappa shape index (κ2) is 8.13. The number of hydrogen-bond donors (Lipinski definition) is 1. The van der Waals surface area contributed by atoms with E-state index in [9.17, 15) is 13.6 Å². The predicted octanol–water partition coefficient (Wildman–Crippen LogP) is 2.12. The Morgan fingerprint density at radius 1 is 0.897 bits per heavy atom. The number of hydrogen-bond acceptors (Lipinski definition) is 7. The number of anilines is 3. The molecular formula is C19H17F2N7O. The molecule has 0 bridgehead atoms. The monoisotopic (exact) mass is 397 g/mol. The minimum Gasteiger partial charge on any atom is -0.337 e. The second-order valence-corrected chi connectivity index (χ2v) is 6.34. The number of aromatic nitrogens is 4. The summed E-state index contributed by atoms with van der Waals surface area (Å²) in [6.45, 7) is 2.64. The average Bonchev–Trinajstić information content (AvgIpc) is 2.76. The number of nitrogens with zero attached hydrogens (tertiary/aromatic N) is 6. The van der Waals surface area contributed by atoms with Crippen LogP contribution in [-0.4, -0.2) is 52.0 Å². The zero-order valence-corrected chi connectivity index (χ0v) is 15.3. The molecule has 148 valence electrons. The number of nitrogens with one attached hydrogen (secondary N) is 1. The van der Waals surface area contributed by atoms with Gasteiger partial charge in [-0.25, -0.2) is 28.7 Å². The van der Waals surface area contributed by atoms with Crippen LogP contribution in [0.4, 0.5) is 26.4 Å². The molecule has 29 heavy (non-hydrogen) atoms. The SMILES string of the molecule is O=C(Nc1ccc(F)cc1F)c1ccnc(N2CCN(c3ncccn3)CC2)n1. The summed E-state index contributed by atoms with van der Waals surface area (Å²) in [5, 5.41) is 2.40. The average molecular weight is 397 g/mol. The van der Waals surface area contributed by atoms with Crippen molar-refractivity contribution in [1.29, 1.82) is 0 Å². The third kappa shape index (κ3) is 4.26. The minimum atomic E-state index is -0.855. The Morgan fingerprint density at radius 2 is 1.55 bits per heavy atom. The molecule has 10 heteroatoms. The van der Waals surface area contributed by atoms with E-state index in [0.29, 0.717) is 44.1 Å². The van der Waals surface area contributed by atoms with Crippen molar-refractivity contribution >= 4 is 23.5 Å². The molecule has 0 spiro atoms. The zero-order chi connectivity index (χ0) is 20.2. The Bertz CT molecular complexity index is 1010. The summed E-state index contributed by atoms with van der Waals surface area (Å²) in [5.41, 5.74) is -0.0272. The Labute approximate surface area is 165 Å². The Morgan fingerprint density at radius 3 is 2.24 bits per heavy atom. The summed E-state index contributed by atoms with van der Waals surface area (Å²) in [4.78, 5) is 33.5. The van der Waals surface area contributed by atoms with E-state index in [0.717, 1.165) is 12.1 Å². The smallest absolute Gasteiger partial charge is 0.274 e. The third-order valence-electron chi connectivity index (χ3n) is 4.45. The first-order valence-corrected chi connectivity index (χ1v) is 8.96. The van der Waals surface area contributed by atoms with E-state index < -0.39 is 17.5 Å². The van der Waals surface area contributed by atoms with Crippen molar-refractivity contribution in [2.45, 2.75) is 0 Å². The van der Waals surface area contributed by atoms with E-state index >= 15 is 0 Å². The normalized spacial score (nSPS) is 14.0. The maximum absolute atomic E-state index is 13.8. The predicted molar refractivity (Wildman–Crippen MR) is 103 cm³/mol. The first-order chi connectivity index (χ1) is 14.1. The fraction of sp³-hybridized carbons (Fsp3) is 0.211. The van der Waals surface area contributed by atoms with Gasteiger partial charge >= 0.3 is 0 Å². The molecule has 1 amide bonds. The summed E-state index contributed by atoms with van der Waals surface area (Å²) in [6, 6.07) is 6.14. The van der Waals surface area contributed by atoms with E-state index in [4.69, 9.17) is 0 Å². The summed E-state index contributed by atoms with van der Waals surface area (Å²) >= 11 is 0. The lowest BCUT2D eigenvalue weighted by Gasteiger charge is -2.34. The lowest BCUT2D eigenvalue weighted by Crippen LogP contribution is -2.47. The number of carbonyl (C=O) groups is 1. The minimum absolute atomic E-state index is 0.0903. The van der Waals surface area contributed by atoms with Crippen LogP contribution >= 0.6 is 0 Å². The first kappa shape index (κ1) is 18.7.